The molecule has 1 aromatic carbocycles. The molecule has 1 heterocycles. The Kier molecular flexibility index (Phi) is 3.84. The summed E-state index contributed by atoms with van der Waals surface area (Å²) in [6.45, 7) is 0.0573. The van der Waals surface area contributed by atoms with Crippen molar-refractivity contribution in [2.24, 2.45) is 5.92 Å². The minimum Gasteiger partial charge on any atom is -0.508 e. The van der Waals surface area contributed by atoms with Gasteiger partial charge in [-0.1, -0.05) is 24.3 Å². The molecule has 0 spiro atoms. The van der Waals surface area contributed by atoms with Crippen LogP contribution in [0.1, 0.15) is 17.9 Å². The third-order valence-corrected chi connectivity index (χ3v) is 6.43. The zero-order valence-corrected chi connectivity index (χ0v) is 13.1. The molecule has 6 heteroatoms. The predicted octanol–water partition coefficient (Wildman–Crippen LogP) is 1.57. The van der Waals surface area contributed by atoms with Crippen molar-refractivity contribution >= 4 is 10.0 Å². The molecule has 5 nitrogen and oxygen atoms in total. The lowest BCUT2D eigenvalue weighted by molar-refractivity contribution is 0.112. The molecule has 0 bridgehead atoms. The third kappa shape index (κ3) is 2.47. The predicted molar refractivity (Wildman–Crippen MR) is 83.7 cm³/mol. The fraction of sp³-hybridized carbons (Fsp3) is 0.375. The van der Waals surface area contributed by atoms with Gasteiger partial charge in [-0.2, -0.15) is 4.31 Å². The second-order valence-corrected chi connectivity index (χ2v) is 7.85. The lowest BCUT2D eigenvalue weighted by Gasteiger charge is -2.29. The van der Waals surface area contributed by atoms with Crippen molar-refractivity contribution in [3.05, 3.63) is 53.0 Å². The Bertz CT molecular complexity index is 721. The van der Waals surface area contributed by atoms with Crippen molar-refractivity contribution in [1.82, 2.24) is 4.31 Å². The second kappa shape index (κ2) is 5.53. The Hall–Kier alpha value is -1.63. The molecule has 1 fully saturated rings. The van der Waals surface area contributed by atoms with Gasteiger partial charge in [-0.3, -0.25) is 0 Å². The molecule has 2 N–H and O–H groups in total. The van der Waals surface area contributed by atoms with Crippen molar-refractivity contribution in [3.63, 3.8) is 0 Å². The molecule has 1 aliphatic carbocycles. The van der Waals surface area contributed by atoms with Crippen LogP contribution in [0, 0.1) is 5.92 Å². The van der Waals surface area contributed by atoms with Gasteiger partial charge >= 0.3 is 0 Å². The molecule has 0 amide bonds. The van der Waals surface area contributed by atoms with E-state index in [2.05, 4.69) is 0 Å². The maximum atomic E-state index is 12.6. The maximum absolute atomic E-state index is 12.6. The van der Waals surface area contributed by atoms with E-state index in [9.17, 15) is 18.6 Å². The van der Waals surface area contributed by atoms with E-state index in [0.29, 0.717) is 11.3 Å². The van der Waals surface area contributed by atoms with E-state index >= 15 is 0 Å². The van der Waals surface area contributed by atoms with Crippen LogP contribution in [0.5, 0.6) is 5.75 Å². The number of hydrogen-bond donors (Lipinski definition) is 2. The zero-order chi connectivity index (χ0) is 15.9. The molecule has 1 saturated heterocycles. The van der Waals surface area contributed by atoms with Crippen LogP contribution in [0.25, 0.3) is 0 Å². The van der Waals surface area contributed by atoms with Gasteiger partial charge in [0.25, 0.3) is 0 Å². The largest absolute Gasteiger partial charge is 0.508 e. The molecule has 3 unspecified atom stereocenters. The van der Waals surface area contributed by atoms with Crippen molar-refractivity contribution in [1.29, 1.82) is 0 Å². The lowest BCUT2D eigenvalue weighted by atomic mass is 9.78. The van der Waals surface area contributed by atoms with Gasteiger partial charge in [-0.05, 0) is 30.2 Å². The molecule has 0 radical (unpaired) electrons. The summed E-state index contributed by atoms with van der Waals surface area (Å²) < 4.78 is 26.5. The van der Waals surface area contributed by atoms with Gasteiger partial charge in [0, 0.05) is 25.4 Å². The number of phenols is 1. The number of hydrogen-bond acceptors (Lipinski definition) is 4. The number of aromatic hydroxyl groups is 1. The second-order valence-electron chi connectivity index (χ2n) is 5.81. The number of aliphatic hydroxyl groups excluding tert-OH is 1. The SMILES string of the molecule is CN1CC(O)C(c2ccc(O)cc2)C2CC=CC=C2S1(=O)=O. The molecule has 1 aromatic rings. The van der Waals surface area contributed by atoms with E-state index in [1.807, 2.05) is 6.08 Å². The molecule has 0 aromatic heterocycles. The van der Waals surface area contributed by atoms with Crippen LogP contribution in [0.2, 0.25) is 0 Å². The highest BCUT2D eigenvalue weighted by Crippen LogP contribution is 2.43. The Morgan fingerprint density at radius 1 is 1.23 bits per heavy atom. The summed E-state index contributed by atoms with van der Waals surface area (Å²) in [4.78, 5) is 0.354. The summed E-state index contributed by atoms with van der Waals surface area (Å²) >= 11 is 0. The number of benzene rings is 1. The van der Waals surface area contributed by atoms with Gasteiger partial charge in [0.2, 0.25) is 10.0 Å². The maximum Gasteiger partial charge on any atom is 0.239 e. The summed E-state index contributed by atoms with van der Waals surface area (Å²) in [5.74, 6) is -0.466. The molecular weight excluding hydrogens is 302 g/mol. The number of allylic oxidation sites excluding steroid dienone is 4. The fourth-order valence-corrected chi connectivity index (χ4v) is 4.89. The van der Waals surface area contributed by atoms with Crippen LogP contribution in [-0.2, 0) is 10.0 Å². The van der Waals surface area contributed by atoms with Crippen LogP contribution in [0.4, 0.5) is 0 Å². The van der Waals surface area contributed by atoms with Gasteiger partial charge in [-0.25, -0.2) is 8.42 Å². The standard InChI is InChI=1S/C16H19NO4S/c1-17-10-14(19)16(11-6-8-12(18)9-7-11)13-4-2-3-5-15(13)22(17,20)21/h2-3,5-9,13-14,16,18-19H,4,10H2,1H3. The fourth-order valence-electron chi connectivity index (χ4n) is 3.30. The van der Waals surface area contributed by atoms with Crippen LogP contribution >= 0.6 is 0 Å². The van der Waals surface area contributed by atoms with Gasteiger partial charge in [-0.15, -0.1) is 0 Å². The van der Waals surface area contributed by atoms with E-state index < -0.39 is 16.1 Å². The number of β-amino-alcohol motifs (C(OH)–C–C–N with tert-alkyl or cyclic N) is 1. The number of aliphatic hydroxyl groups is 1. The van der Waals surface area contributed by atoms with Crippen molar-refractivity contribution < 1.29 is 18.6 Å². The molecule has 3 atom stereocenters. The van der Waals surface area contributed by atoms with E-state index in [4.69, 9.17) is 0 Å². The molecule has 2 aliphatic rings. The number of phenolic OH excluding ortho intramolecular Hbond substituents is 1. The minimum absolute atomic E-state index is 0.0573. The summed E-state index contributed by atoms with van der Waals surface area (Å²) in [5.41, 5.74) is 0.835. The average Bonchev–Trinajstić information content (AvgIpc) is 2.56. The third-order valence-electron chi connectivity index (χ3n) is 4.43. The number of sulfonamides is 1. The van der Waals surface area contributed by atoms with Crippen molar-refractivity contribution in [3.8, 4) is 5.75 Å². The smallest absolute Gasteiger partial charge is 0.239 e. The van der Waals surface area contributed by atoms with E-state index in [0.717, 1.165) is 5.56 Å². The highest BCUT2D eigenvalue weighted by Gasteiger charge is 2.43. The van der Waals surface area contributed by atoms with Gasteiger partial charge in [0.1, 0.15) is 5.75 Å². The number of likely N-dealkylation sites (N-methyl/N-ethyl adjacent to an activating group) is 1. The summed E-state index contributed by atoms with van der Waals surface area (Å²) in [5, 5.41) is 20.0. The van der Waals surface area contributed by atoms with Crippen molar-refractivity contribution in [2.75, 3.05) is 13.6 Å². The highest BCUT2D eigenvalue weighted by atomic mass is 32.2. The Morgan fingerprint density at radius 3 is 2.59 bits per heavy atom. The summed E-state index contributed by atoms with van der Waals surface area (Å²) in [6.07, 6.45) is 5.08. The van der Waals surface area contributed by atoms with E-state index in [1.165, 1.54) is 11.4 Å². The normalized spacial score (nSPS) is 31.2. The Labute approximate surface area is 130 Å². The first-order chi connectivity index (χ1) is 10.4. The Balaban J connectivity index is 2.11. The van der Waals surface area contributed by atoms with Crippen molar-refractivity contribution in [2.45, 2.75) is 18.4 Å². The molecule has 1 aliphatic heterocycles. The lowest BCUT2D eigenvalue weighted by Crippen LogP contribution is -2.33. The number of fused-ring (bicyclic) bond motifs is 1. The molecule has 0 saturated carbocycles. The first kappa shape index (κ1) is 15.3. The van der Waals surface area contributed by atoms with Gasteiger partial charge in [0.15, 0.2) is 0 Å². The monoisotopic (exact) mass is 321 g/mol. The highest BCUT2D eigenvalue weighted by molar-refractivity contribution is 7.93. The topological polar surface area (TPSA) is 77.8 Å². The van der Waals surface area contributed by atoms with E-state index in [-0.39, 0.29) is 24.1 Å². The first-order valence-electron chi connectivity index (χ1n) is 7.21. The summed E-state index contributed by atoms with van der Waals surface area (Å²) in [6, 6.07) is 6.62. The minimum atomic E-state index is -3.55. The van der Waals surface area contributed by atoms with Gasteiger partial charge in [0.05, 0.1) is 11.0 Å². The van der Waals surface area contributed by atoms with Crippen LogP contribution < -0.4 is 0 Å². The van der Waals surface area contributed by atoms with Crippen LogP contribution in [-0.4, -0.2) is 42.6 Å². The summed E-state index contributed by atoms with van der Waals surface area (Å²) in [7, 11) is -2.05. The van der Waals surface area contributed by atoms with Gasteiger partial charge < -0.3 is 10.2 Å². The molecule has 3 rings (SSSR count). The van der Waals surface area contributed by atoms with Crippen LogP contribution in [0.3, 0.4) is 0 Å². The number of rotatable bonds is 1. The number of nitrogens with zero attached hydrogens (tertiary/aromatic N) is 1. The molecule has 22 heavy (non-hydrogen) atoms. The molecule has 118 valence electrons. The average molecular weight is 321 g/mol. The molecular formula is C16H19NO4S. The Morgan fingerprint density at radius 2 is 1.91 bits per heavy atom. The van der Waals surface area contributed by atoms with E-state index in [1.54, 1.807) is 36.4 Å². The first-order valence-corrected chi connectivity index (χ1v) is 8.65. The quantitative estimate of drug-likeness (QED) is 0.823. The van der Waals surface area contributed by atoms with Crippen LogP contribution in [0.15, 0.2) is 47.4 Å². The zero-order valence-electron chi connectivity index (χ0n) is 12.3.